The SMILES string of the molecule is CCCN1CCN(C(C)=O)C[C@@H](Cc2cccc(-c3ccccc3F)c2)C1=O. The molecule has 0 bridgehead atoms. The number of nitrogens with zero attached hydrogens (tertiary/aromatic N) is 2. The van der Waals surface area contributed by atoms with Crippen molar-refractivity contribution in [1.29, 1.82) is 0 Å². The smallest absolute Gasteiger partial charge is 0.227 e. The summed E-state index contributed by atoms with van der Waals surface area (Å²) < 4.78 is 14.2. The van der Waals surface area contributed by atoms with Crippen LogP contribution in [-0.2, 0) is 16.0 Å². The summed E-state index contributed by atoms with van der Waals surface area (Å²) in [5.74, 6) is -0.450. The number of amides is 2. The van der Waals surface area contributed by atoms with Crippen LogP contribution in [0.4, 0.5) is 4.39 Å². The monoisotopic (exact) mass is 382 g/mol. The van der Waals surface area contributed by atoms with Gasteiger partial charge in [0.1, 0.15) is 5.82 Å². The molecule has 4 nitrogen and oxygen atoms in total. The first-order valence-electron chi connectivity index (χ1n) is 9.87. The van der Waals surface area contributed by atoms with Crippen molar-refractivity contribution < 1.29 is 14.0 Å². The number of rotatable bonds is 5. The number of hydrogen-bond donors (Lipinski definition) is 0. The molecule has 2 amide bonds. The fourth-order valence-electron chi connectivity index (χ4n) is 3.82. The van der Waals surface area contributed by atoms with E-state index in [9.17, 15) is 14.0 Å². The molecule has 1 aliphatic rings. The van der Waals surface area contributed by atoms with Gasteiger partial charge in [-0.15, -0.1) is 0 Å². The van der Waals surface area contributed by atoms with Crippen LogP contribution in [0.5, 0.6) is 0 Å². The number of carbonyl (C=O) groups excluding carboxylic acids is 2. The topological polar surface area (TPSA) is 40.6 Å². The predicted octanol–water partition coefficient (Wildman–Crippen LogP) is 3.75. The Kier molecular flexibility index (Phi) is 6.45. The first-order valence-corrected chi connectivity index (χ1v) is 9.87. The molecule has 0 aromatic heterocycles. The largest absolute Gasteiger partial charge is 0.341 e. The van der Waals surface area contributed by atoms with Crippen LogP contribution in [0.15, 0.2) is 48.5 Å². The molecule has 28 heavy (non-hydrogen) atoms. The van der Waals surface area contributed by atoms with Gasteiger partial charge in [-0.1, -0.05) is 49.4 Å². The number of halogens is 1. The second-order valence-electron chi connectivity index (χ2n) is 7.37. The highest BCUT2D eigenvalue weighted by Gasteiger charge is 2.31. The van der Waals surface area contributed by atoms with Gasteiger partial charge in [-0.2, -0.15) is 0 Å². The van der Waals surface area contributed by atoms with E-state index in [1.165, 1.54) is 6.07 Å². The van der Waals surface area contributed by atoms with E-state index in [1.54, 1.807) is 24.0 Å². The van der Waals surface area contributed by atoms with Crippen LogP contribution in [-0.4, -0.2) is 47.8 Å². The lowest BCUT2D eigenvalue weighted by molar-refractivity contribution is -0.134. The lowest BCUT2D eigenvalue weighted by Gasteiger charge is -2.23. The molecular formula is C23H27FN2O2. The molecule has 1 fully saturated rings. The van der Waals surface area contributed by atoms with Crippen LogP contribution in [0, 0.1) is 11.7 Å². The predicted molar refractivity (Wildman–Crippen MR) is 108 cm³/mol. The van der Waals surface area contributed by atoms with E-state index in [-0.39, 0.29) is 23.5 Å². The van der Waals surface area contributed by atoms with E-state index >= 15 is 0 Å². The van der Waals surface area contributed by atoms with E-state index in [1.807, 2.05) is 42.2 Å². The van der Waals surface area contributed by atoms with Crippen LogP contribution >= 0.6 is 0 Å². The van der Waals surface area contributed by atoms with Gasteiger partial charge in [-0.3, -0.25) is 9.59 Å². The summed E-state index contributed by atoms with van der Waals surface area (Å²) >= 11 is 0. The average molecular weight is 382 g/mol. The maximum absolute atomic E-state index is 14.2. The van der Waals surface area contributed by atoms with Gasteiger partial charge in [0, 0.05) is 38.7 Å². The van der Waals surface area contributed by atoms with Gasteiger partial charge in [0.15, 0.2) is 0 Å². The van der Waals surface area contributed by atoms with E-state index in [0.29, 0.717) is 38.2 Å². The van der Waals surface area contributed by atoms with Crippen molar-refractivity contribution in [2.75, 3.05) is 26.2 Å². The molecule has 2 aromatic rings. The molecule has 0 spiro atoms. The minimum absolute atomic E-state index is 0.00347. The summed E-state index contributed by atoms with van der Waals surface area (Å²) in [5, 5.41) is 0. The number of hydrogen-bond acceptors (Lipinski definition) is 2. The number of benzene rings is 2. The van der Waals surface area contributed by atoms with Gasteiger partial charge in [0.2, 0.25) is 11.8 Å². The fourth-order valence-corrected chi connectivity index (χ4v) is 3.82. The molecule has 3 rings (SSSR count). The van der Waals surface area contributed by atoms with Crippen molar-refractivity contribution in [3.05, 3.63) is 59.9 Å². The van der Waals surface area contributed by atoms with Crippen molar-refractivity contribution >= 4 is 11.8 Å². The molecule has 1 heterocycles. The molecular weight excluding hydrogens is 355 g/mol. The summed E-state index contributed by atoms with van der Waals surface area (Å²) in [6.45, 7) is 5.89. The molecule has 148 valence electrons. The zero-order chi connectivity index (χ0) is 20.1. The highest BCUT2D eigenvalue weighted by Crippen LogP contribution is 2.25. The van der Waals surface area contributed by atoms with Crippen LogP contribution in [0.25, 0.3) is 11.1 Å². The van der Waals surface area contributed by atoms with Crippen LogP contribution < -0.4 is 0 Å². The zero-order valence-electron chi connectivity index (χ0n) is 16.5. The third-order valence-corrected chi connectivity index (χ3v) is 5.27. The lowest BCUT2D eigenvalue weighted by Crippen LogP contribution is -2.38. The Morgan fingerprint density at radius 1 is 1.14 bits per heavy atom. The third kappa shape index (κ3) is 4.58. The van der Waals surface area contributed by atoms with Gasteiger partial charge >= 0.3 is 0 Å². The molecule has 0 saturated carbocycles. The Hall–Kier alpha value is -2.69. The highest BCUT2D eigenvalue weighted by atomic mass is 19.1. The summed E-state index contributed by atoms with van der Waals surface area (Å²) in [7, 11) is 0. The van der Waals surface area contributed by atoms with Gasteiger partial charge in [-0.05, 0) is 30.0 Å². The quantitative estimate of drug-likeness (QED) is 0.790. The maximum Gasteiger partial charge on any atom is 0.227 e. The Balaban J connectivity index is 1.85. The van der Waals surface area contributed by atoms with Crippen LogP contribution in [0.3, 0.4) is 0 Å². The minimum Gasteiger partial charge on any atom is -0.341 e. The molecule has 0 radical (unpaired) electrons. The Labute approximate surface area is 166 Å². The first kappa shape index (κ1) is 20.1. The molecule has 0 unspecified atom stereocenters. The van der Waals surface area contributed by atoms with E-state index in [0.717, 1.165) is 17.5 Å². The minimum atomic E-state index is -0.283. The summed E-state index contributed by atoms with van der Waals surface area (Å²) in [6, 6.07) is 14.4. The first-order chi connectivity index (χ1) is 13.5. The van der Waals surface area contributed by atoms with Crippen LogP contribution in [0.1, 0.15) is 25.8 Å². The lowest BCUT2D eigenvalue weighted by atomic mass is 9.94. The second kappa shape index (κ2) is 9.00. The standard InChI is InChI=1S/C23H27FN2O2/c1-3-11-25-12-13-26(17(2)27)16-20(23(25)28)15-18-7-6-8-19(14-18)21-9-4-5-10-22(21)24/h4-10,14,20H,3,11-13,15-16H2,1-2H3/t20-/m1/s1. The third-order valence-electron chi connectivity index (χ3n) is 5.27. The van der Waals surface area contributed by atoms with E-state index < -0.39 is 0 Å². The molecule has 5 heteroatoms. The van der Waals surface area contributed by atoms with Gasteiger partial charge in [0.25, 0.3) is 0 Å². The summed E-state index contributed by atoms with van der Waals surface area (Å²) in [5.41, 5.74) is 2.32. The Bertz CT molecular complexity index is 852. The van der Waals surface area contributed by atoms with Crippen LogP contribution in [0.2, 0.25) is 0 Å². The molecule has 1 saturated heterocycles. The van der Waals surface area contributed by atoms with E-state index in [4.69, 9.17) is 0 Å². The molecule has 1 aliphatic heterocycles. The fraction of sp³-hybridized carbons (Fsp3) is 0.391. The van der Waals surface area contributed by atoms with Gasteiger partial charge < -0.3 is 9.80 Å². The van der Waals surface area contributed by atoms with Crippen molar-refractivity contribution in [3.63, 3.8) is 0 Å². The molecule has 2 aromatic carbocycles. The second-order valence-corrected chi connectivity index (χ2v) is 7.37. The highest BCUT2D eigenvalue weighted by molar-refractivity contribution is 5.81. The Morgan fingerprint density at radius 2 is 1.93 bits per heavy atom. The summed E-state index contributed by atoms with van der Waals surface area (Å²) in [4.78, 5) is 28.6. The molecule has 1 atom stereocenters. The molecule has 0 aliphatic carbocycles. The molecule has 0 N–H and O–H groups in total. The van der Waals surface area contributed by atoms with Crippen molar-refractivity contribution in [3.8, 4) is 11.1 Å². The van der Waals surface area contributed by atoms with E-state index in [2.05, 4.69) is 0 Å². The van der Waals surface area contributed by atoms with Gasteiger partial charge in [0.05, 0.1) is 5.92 Å². The van der Waals surface area contributed by atoms with Crippen molar-refractivity contribution in [1.82, 2.24) is 9.80 Å². The zero-order valence-corrected chi connectivity index (χ0v) is 16.5. The normalized spacial score (nSPS) is 17.5. The average Bonchev–Trinajstić information content (AvgIpc) is 2.83. The number of carbonyl (C=O) groups is 2. The summed E-state index contributed by atoms with van der Waals surface area (Å²) in [6.07, 6.45) is 1.42. The van der Waals surface area contributed by atoms with Crippen molar-refractivity contribution in [2.24, 2.45) is 5.92 Å². The Morgan fingerprint density at radius 3 is 2.64 bits per heavy atom. The van der Waals surface area contributed by atoms with Gasteiger partial charge in [-0.25, -0.2) is 4.39 Å². The maximum atomic E-state index is 14.2. The van der Waals surface area contributed by atoms with Crippen molar-refractivity contribution in [2.45, 2.75) is 26.7 Å².